The molecule has 3 rings (SSSR count). The number of pyridine rings is 1. The molecule has 0 aliphatic rings. The molecule has 0 N–H and O–H groups in total. The Morgan fingerprint density at radius 3 is 2.65 bits per heavy atom. The minimum Gasteiger partial charge on any atom is -0.256 e. The van der Waals surface area contributed by atoms with Gasteiger partial charge in [-0.25, -0.2) is 0 Å². The standard InChI is InChI=1S/C18H16ClN/c1-12-7-13(2)16(17(19)8-12)10-14-9-15-5-3-4-6-18(15)20-11-14/h3-9,11H,10H2,1-2H3. The maximum Gasteiger partial charge on any atom is 0.0702 e. The molecular weight excluding hydrogens is 266 g/mol. The van der Waals surface area contributed by atoms with E-state index < -0.39 is 0 Å². The van der Waals surface area contributed by atoms with Gasteiger partial charge in [0, 0.05) is 23.0 Å². The Hall–Kier alpha value is -1.86. The lowest BCUT2D eigenvalue weighted by Crippen LogP contribution is -1.95. The van der Waals surface area contributed by atoms with Crippen LogP contribution in [0.4, 0.5) is 0 Å². The summed E-state index contributed by atoms with van der Waals surface area (Å²) >= 11 is 6.38. The SMILES string of the molecule is Cc1cc(C)c(Cc2cnc3ccccc3c2)c(Cl)c1. The summed E-state index contributed by atoms with van der Waals surface area (Å²) in [6.45, 7) is 4.18. The Bertz CT molecular complexity index is 754. The molecule has 0 atom stereocenters. The Kier molecular flexibility index (Phi) is 3.45. The van der Waals surface area contributed by atoms with Crippen LogP contribution < -0.4 is 0 Å². The number of benzene rings is 2. The van der Waals surface area contributed by atoms with E-state index in [1.54, 1.807) is 0 Å². The molecule has 1 nitrogen and oxygen atoms in total. The average molecular weight is 282 g/mol. The normalized spacial score (nSPS) is 10.9. The smallest absolute Gasteiger partial charge is 0.0702 e. The molecule has 0 radical (unpaired) electrons. The number of para-hydroxylation sites is 1. The summed E-state index contributed by atoms with van der Waals surface area (Å²) < 4.78 is 0. The topological polar surface area (TPSA) is 12.9 Å². The second-order valence-electron chi connectivity index (χ2n) is 5.26. The van der Waals surface area contributed by atoms with E-state index in [9.17, 15) is 0 Å². The predicted molar refractivity (Wildman–Crippen MR) is 85.5 cm³/mol. The van der Waals surface area contributed by atoms with Crippen LogP contribution >= 0.6 is 11.6 Å². The molecule has 0 fully saturated rings. The zero-order chi connectivity index (χ0) is 14.1. The number of hydrogen-bond donors (Lipinski definition) is 0. The van der Waals surface area contributed by atoms with E-state index in [1.165, 1.54) is 27.6 Å². The van der Waals surface area contributed by atoms with Gasteiger partial charge in [0.15, 0.2) is 0 Å². The third-order valence-corrected chi connectivity index (χ3v) is 3.93. The molecule has 0 aliphatic carbocycles. The molecular formula is C18H16ClN. The van der Waals surface area contributed by atoms with Crippen LogP contribution in [0.25, 0.3) is 10.9 Å². The maximum atomic E-state index is 6.38. The van der Waals surface area contributed by atoms with Crippen molar-refractivity contribution in [3.8, 4) is 0 Å². The molecule has 0 amide bonds. The van der Waals surface area contributed by atoms with Crippen LogP contribution in [0.5, 0.6) is 0 Å². The Labute approximate surface area is 124 Å². The van der Waals surface area contributed by atoms with Crippen LogP contribution in [0.1, 0.15) is 22.3 Å². The van der Waals surface area contributed by atoms with Crippen molar-refractivity contribution in [2.45, 2.75) is 20.3 Å². The zero-order valence-corrected chi connectivity index (χ0v) is 12.4. The third kappa shape index (κ3) is 2.54. The number of nitrogens with zero attached hydrogens (tertiary/aromatic N) is 1. The second kappa shape index (κ2) is 5.26. The molecule has 2 aromatic carbocycles. The minimum atomic E-state index is 0.822. The van der Waals surface area contributed by atoms with Crippen molar-refractivity contribution < 1.29 is 0 Å². The monoisotopic (exact) mass is 281 g/mol. The van der Waals surface area contributed by atoms with Crippen LogP contribution in [0.2, 0.25) is 5.02 Å². The van der Waals surface area contributed by atoms with Gasteiger partial charge in [-0.1, -0.05) is 35.9 Å². The molecule has 1 aromatic heterocycles. The van der Waals surface area contributed by atoms with Crippen molar-refractivity contribution in [1.29, 1.82) is 0 Å². The Morgan fingerprint density at radius 2 is 1.85 bits per heavy atom. The number of fused-ring (bicyclic) bond motifs is 1. The van der Waals surface area contributed by atoms with Crippen molar-refractivity contribution in [1.82, 2.24) is 4.98 Å². The van der Waals surface area contributed by atoms with E-state index in [2.05, 4.69) is 37.0 Å². The predicted octanol–water partition coefficient (Wildman–Crippen LogP) is 5.10. The van der Waals surface area contributed by atoms with Crippen molar-refractivity contribution in [3.63, 3.8) is 0 Å². The van der Waals surface area contributed by atoms with E-state index in [-0.39, 0.29) is 0 Å². The van der Waals surface area contributed by atoms with Crippen molar-refractivity contribution in [2.24, 2.45) is 0 Å². The van der Waals surface area contributed by atoms with E-state index in [0.29, 0.717) is 0 Å². The first kappa shape index (κ1) is 13.1. The van der Waals surface area contributed by atoms with Gasteiger partial charge in [-0.2, -0.15) is 0 Å². The van der Waals surface area contributed by atoms with Crippen LogP contribution in [-0.4, -0.2) is 4.98 Å². The summed E-state index contributed by atoms with van der Waals surface area (Å²) in [7, 11) is 0. The number of hydrogen-bond acceptors (Lipinski definition) is 1. The molecule has 20 heavy (non-hydrogen) atoms. The number of halogens is 1. The van der Waals surface area contributed by atoms with Crippen LogP contribution in [0.3, 0.4) is 0 Å². The lowest BCUT2D eigenvalue weighted by atomic mass is 9.99. The lowest BCUT2D eigenvalue weighted by molar-refractivity contribution is 1.13. The highest BCUT2D eigenvalue weighted by atomic mass is 35.5. The molecule has 0 saturated carbocycles. The van der Waals surface area contributed by atoms with Crippen LogP contribution in [0, 0.1) is 13.8 Å². The van der Waals surface area contributed by atoms with Gasteiger partial charge in [0.25, 0.3) is 0 Å². The molecule has 0 spiro atoms. The van der Waals surface area contributed by atoms with Gasteiger partial charge in [0.1, 0.15) is 0 Å². The summed E-state index contributed by atoms with van der Waals surface area (Å²) in [4.78, 5) is 4.51. The minimum absolute atomic E-state index is 0.822. The fourth-order valence-electron chi connectivity index (χ4n) is 2.59. The van der Waals surface area contributed by atoms with Crippen molar-refractivity contribution >= 4 is 22.5 Å². The molecule has 100 valence electrons. The third-order valence-electron chi connectivity index (χ3n) is 3.59. The summed E-state index contributed by atoms with van der Waals surface area (Å²) in [6, 6.07) is 14.6. The van der Waals surface area contributed by atoms with Gasteiger partial charge in [-0.05, 0) is 54.3 Å². The summed E-state index contributed by atoms with van der Waals surface area (Å²) in [5.41, 5.74) is 5.85. The van der Waals surface area contributed by atoms with Crippen molar-refractivity contribution in [3.05, 3.63) is 75.9 Å². The summed E-state index contributed by atoms with van der Waals surface area (Å²) in [5.74, 6) is 0. The van der Waals surface area contributed by atoms with E-state index in [1.807, 2.05) is 30.5 Å². The van der Waals surface area contributed by atoms with E-state index >= 15 is 0 Å². The second-order valence-corrected chi connectivity index (χ2v) is 5.66. The van der Waals surface area contributed by atoms with Crippen molar-refractivity contribution in [2.75, 3.05) is 0 Å². The van der Waals surface area contributed by atoms with E-state index in [4.69, 9.17) is 11.6 Å². The molecule has 0 aliphatic heterocycles. The van der Waals surface area contributed by atoms with Gasteiger partial charge < -0.3 is 0 Å². The molecule has 0 bridgehead atoms. The largest absolute Gasteiger partial charge is 0.256 e. The number of aryl methyl sites for hydroxylation is 2. The molecule has 0 unspecified atom stereocenters. The molecule has 2 heteroatoms. The van der Waals surface area contributed by atoms with Gasteiger partial charge in [-0.3, -0.25) is 4.98 Å². The number of rotatable bonds is 2. The summed E-state index contributed by atoms with van der Waals surface area (Å²) in [6.07, 6.45) is 2.76. The van der Waals surface area contributed by atoms with Gasteiger partial charge in [-0.15, -0.1) is 0 Å². The Morgan fingerprint density at radius 1 is 1.05 bits per heavy atom. The van der Waals surface area contributed by atoms with Gasteiger partial charge in [0.2, 0.25) is 0 Å². The highest BCUT2D eigenvalue weighted by Crippen LogP contribution is 2.25. The quantitative estimate of drug-likeness (QED) is 0.637. The first-order chi connectivity index (χ1) is 9.63. The van der Waals surface area contributed by atoms with Crippen LogP contribution in [0.15, 0.2) is 48.7 Å². The molecule has 3 aromatic rings. The zero-order valence-electron chi connectivity index (χ0n) is 11.7. The molecule has 0 saturated heterocycles. The summed E-state index contributed by atoms with van der Waals surface area (Å²) in [5, 5.41) is 2.02. The van der Waals surface area contributed by atoms with E-state index in [0.717, 1.165) is 17.0 Å². The van der Waals surface area contributed by atoms with Gasteiger partial charge >= 0.3 is 0 Å². The fraction of sp³-hybridized carbons (Fsp3) is 0.167. The maximum absolute atomic E-state index is 6.38. The van der Waals surface area contributed by atoms with Gasteiger partial charge in [0.05, 0.1) is 5.52 Å². The lowest BCUT2D eigenvalue weighted by Gasteiger charge is -2.10. The highest BCUT2D eigenvalue weighted by molar-refractivity contribution is 6.31. The first-order valence-corrected chi connectivity index (χ1v) is 7.10. The average Bonchev–Trinajstić information content (AvgIpc) is 2.42. The first-order valence-electron chi connectivity index (χ1n) is 6.73. The van der Waals surface area contributed by atoms with Crippen LogP contribution in [-0.2, 0) is 6.42 Å². The number of aromatic nitrogens is 1. The fourth-order valence-corrected chi connectivity index (χ4v) is 2.97. The molecule has 1 heterocycles. The highest BCUT2D eigenvalue weighted by Gasteiger charge is 2.07. The Balaban J connectivity index is 2.01.